The summed E-state index contributed by atoms with van der Waals surface area (Å²) in [5.41, 5.74) is 0. The Hall–Kier alpha value is -2.10. The average molecular weight is 395 g/mol. The molecule has 0 saturated heterocycles. The first kappa shape index (κ1) is 36.8. The SMILES string of the molecule is C=C.C=C.C=C.C=C.CCCCCCCCCOc1ccccc1.OCCO. The second kappa shape index (κ2) is 49.8. The Labute approximate surface area is 175 Å². The fourth-order valence-electron chi connectivity index (χ4n) is 1.77. The third kappa shape index (κ3) is 43.9. The topological polar surface area (TPSA) is 49.7 Å². The number of aliphatic hydroxyl groups excluding tert-OH is 2. The summed E-state index contributed by atoms with van der Waals surface area (Å²) in [6.45, 7) is 26.9. The lowest BCUT2D eigenvalue weighted by molar-refractivity contribution is 0.186. The van der Waals surface area contributed by atoms with Gasteiger partial charge in [0.1, 0.15) is 5.75 Å². The number of benzene rings is 1. The van der Waals surface area contributed by atoms with E-state index >= 15 is 0 Å². The minimum atomic E-state index is -0.125. The van der Waals surface area contributed by atoms with Crippen molar-refractivity contribution in [2.75, 3.05) is 19.8 Å². The lowest BCUT2D eigenvalue weighted by Crippen LogP contribution is -1.96. The van der Waals surface area contributed by atoms with Crippen LogP contribution in [0, 0.1) is 0 Å². The van der Waals surface area contributed by atoms with E-state index in [1.807, 2.05) is 30.3 Å². The van der Waals surface area contributed by atoms with Crippen molar-refractivity contribution >= 4 is 0 Å². The second-order valence-electron chi connectivity index (χ2n) is 4.73. The van der Waals surface area contributed by atoms with Gasteiger partial charge in [-0.05, 0) is 18.6 Å². The van der Waals surface area contributed by atoms with Crippen LogP contribution in [0.4, 0.5) is 0 Å². The van der Waals surface area contributed by atoms with Gasteiger partial charge in [-0.2, -0.15) is 0 Å². The summed E-state index contributed by atoms with van der Waals surface area (Å²) in [5.74, 6) is 0.994. The molecule has 0 spiro atoms. The summed E-state index contributed by atoms with van der Waals surface area (Å²) >= 11 is 0. The predicted octanol–water partition coefficient (Wildman–Crippen LogP) is 7.00. The van der Waals surface area contributed by atoms with Crippen molar-refractivity contribution in [1.29, 1.82) is 0 Å². The molecule has 3 nitrogen and oxygen atoms in total. The van der Waals surface area contributed by atoms with E-state index in [-0.39, 0.29) is 13.2 Å². The smallest absolute Gasteiger partial charge is 0.119 e. The van der Waals surface area contributed by atoms with E-state index in [9.17, 15) is 0 Å². The Morgan fingerprint density at radius 1 is 0.643 bits per heavy atom. The summed E-state index contributed by atoms with van der Waals surface area (Å²) in [6.07, 6.45) is 9.35. The lowest BCUT2D eigenvalue weighted by atomic mass is 10.1. The van der Waals surface area contributed by atoms with Crippen LogP contribution < -0.4 is 4.74 Å². The van der Waals surface area contributed by atoms with Crippen molar-refractivity contribution in [3.63, 3.8) is 0 Å². The van der Waals surface area contributed by atoms with Crippen LogP contribution in [0.3, 0.4) is 0 Å². The first-order valence-corrected chi connectivity index (χ1v) is 9.74. The molecule has 0 amide bonds. The number of hydrogen-bond acceptors (Lipinski definition) is 3. The molecule has 2 N–H and O–H groups in total. The minimum Gasteiger partial charge on any atom is -0.494 e. The molecule has 0 radical (unpaired) electrons. The molecule has 0 aromatic heterocycles. The van der Waals surface area contributed by atoms with Gasteiger partial charge in [0.05, 0.1) is 19.8 Å². The molecule has 0 aliphatic heterocycles. The molecule has 0 saturated carbocycles. The van der Waals surface area contributed by atoms with Crippen molar-refractivity contribution in [3.05, 3.63) is 83.0 Å². The van der Waals surface area contributed by atoms with Gasteiger partial charge in [0.25, 0.3) is 0 Å². The van der Waals surface area contributed by atoms with E-state index in [1.165, 1.54) is 44.9 Å². The number of hydrogen-bond donors (Lipinski definition) is 2. The van der Waals surface area contributed by atoms with Crippen LogP contribution in [0.5, 0.6) is 5.75 Å². The molecule has 0 atom stereocenters. The molecule has 0 unspecified atom stereocenters. The van der Waals surface area contributed by atoms with Crippen LogP contribution in [0.1, 0.15) is 51.9 Å². The lowest BCUT2D eigenvalue weighted by Gasteiger charge is -2.05. The number of para-hydroxylation sites is 1. The highest BCUT2D eigenvalue weighted by molar-refractivity contribution is 5.20. The number of aliphatic hydroxyl groups is 2. The van der Waals surface area contributed by atoms with Gasteiger partial charge < -0.3 is 14.9 Å². The Bertz CT molecular complexity index is 318. The Morgan fingerprint density at radius 3 is 1.43 bits per heavy atom. The molecule has 3 heteroatoms. The van der Waals surface area contributed by atoms with Crippen LogP contribution in [-0.2, 0) is 0 Å². The maximum absolute atomic E-state index is 7.62. The van der Waals surface area contributed by atoms with Crippen LogP contribution in [-0.4, -0.2) is 30.0 Å². The summed E-state index contributed by atoms with van der Waals surface area (Å²) in [4.78, 5) is 0. The van der Waals surface area contributed by atoms with Crippen molar-refractivity contribution in [2.24, 2.45) is 0 Å². The van der Waals surface area contributed by atoms with E-state index in [1.54, 1.807) is 0 Å². The predicted molar refractivity (Wildman–Crippen MR) is 129 cm³/mol. The zero-order valence-electron chi connectivity index (χ0n) is 18.4. The molecule has 1 aromatic rings. The molecule has 0 fully saturated rings. The summed E-state index contributed by atoms with van der Waals surface area (Å²) < 4.78 is 5.63. The Kier molecular flexibility index (Phi) is 65.4. The van der Waals surface area contributed by atoms with E-state index in [2.05, 4.69) is 59.6 Å². The molecule has 1 aromatic carbocycles. The third-order valence-corrected chi connectivity index (χ3v) is 2.86. The van der Waals surface area contributed by atoms with E-state index in [4.69, 9.17) is 14.9 Å². The summed E-state index contributed by atoms with van der Waals surface area (Å²) in [6, 6.07) is 10.1. The standard InChI is InChI=1S/C15H24O.C2H6O2.4C2H4/c1-2-3-4-5-6-7-11-14-16-15-12-9-8-10-13-15;3-1-2-4;4*1-2/h8-10,12-13H,2-7,11,14H2,1H3;3-4H,1-2H2;4*1-2H2. The normalized spacial score (nSPS) is 7.54. The van der Waals surface area contributed by atoms with E-state index in [0.29, 0.717) is 0 Å². The second-order valence-corrected chi connectivity index (χ2v) is 4.73. The van der Waals surface area contributed by atoms with Crippen LogP contribution in [0.2, 0.25) is 0 Å². The number of ether oxygens (including phenoxy) is 1. The molecule has 28 heavy (non-hydrogen) atoms. The third-order valence-electron chi connectivity index (χ3n) is 2.86. The molecule has 1 rings (SSSR count). The van der Waals surface area contributed by atoms with Gasteiger partial charge in [-0.25, -0.2) is 0 Å². The van der Waals surface area contributed by atoms with Crippen LogP contribution >= 0.6 is 0 Å². The van der Waals surface area contributed by atoms with Crippen LogP contribution in [0.25, 0.3) is 0 Å². The maximum Gasteiger partial charge on any atom is 0.119 e. The van der Waals surface area contributed by atoms with Crippen molar-refractivity contribution in [3.8, 4) is 5.75 Å². The van der Waals surface area contributed by atoms with Gasteiger partial charge in [-0.1, -0.05) is 63.6 Å². The maximum atomic E-state index is 7.62. The van der Waals surface area contributed by atoms with Crippen molar-refractivity contribution in [2.45, 2.75) is 51.9 Å². The molecular weight excluding hydrogens is 348 g/mol. The van der Waals surface area contributed by atoms with Crippen molar-refractivity contribution < 1.29 is 14.9 Å². The van der Waals surface area contributed by atoms with Gasteiger partial charge in [0.15, 0.2) is 0 Å². The highest BCUT2D eigenvalue weighted by atomic mass is 16.5. The van der Waals surface area contributed by atoms with Gasteiger partial charge in [0, 0.05) is 0 Å². The molecule has 0 bridgehead atoms. The highest BCUT2D eigenvalue weighted by Crippen LogP contribution is 2.10. The summed E-state index contributed by atoms with van der Waals surface area (Å²) in [7, 11) is 0. The Morgan fingerprint density at radius 2 is 1.04 bits per heavy atom. The zero-order valence-corrected chi connectivity index (χ0v) is 18.4. The largest absolute Gasteiger partial charge is 0.494 e. The molecule has 164 valence electrons. The zero-order chi connectivity index (χ0) is 22.9. The number of rotatable bonds is 10. The van der Waals surface area contributed by atoms with Gasteiger partial charge in [0.2, 0.25) is 0 Å². The van der Waals surface area contributed by atoms with Crippen molar-refractivity contribution in [1.82, 2.24) is 0 Å². The van der Waals surface area contributed by atoms with Gasteiger partial charge >= 0.3 is 0 Å². The quantitative estimate of drug-likeness (QED) is 0.332. The van der Waals surface area contributed by atoms with E-state index < -0.39 is 0 Å². The first-order valence-electron chi connectivity index (χ1n) is 9.74. The fourth-order valence-corrected chi connectivity index (χ4v) is 1.77. The number of unbranched alkanes of at least 4 members (excludes halogenated alkanes) is 6. The Balaban J connectivity index is -0.000000124. The highest BCUT2D eigenvalue weighted by Gasteiger charge is 1.93. The van der Waals surface area contributed by atoms with Gasteiger partial charge in [-0.15, -0.1) is 52.6 Å². The first-order chi connectivity index (χ1) is 13.8. The van der Waals surface area contributed by atoms with E-state index in [0.717, 1.165) is 12.4 Å². The molecule has 0 aliphatic rings. The van der Waals surface area contributed by atoms with Crippen LogP contribution in [0.15, 0.2) is 83.0 Å². The molecular formula is C25H46O3. The fraction of sp³-hybridized carbons (Fsp3) is 0.440. The summed E-state index contributed by atoms with van der Waals surface area (Å²) in [5, 5.41) is 15.2. The van der Waals surface area contributed by atoms with Gasteiger partial charge in [-0.3, -0.25) is 0 Å². The minimum absolute atomic E-state index is 0.125. The average Bonchev–Trinajstić information content (AvgIpc) is 2.82. The monoisotopic (exact) mass is 394 g/mol. The molecule has 0 aliphatic carbocycles. The molecule has 0 heterocycles.